The van der Waals surface area contributed by atoms with Gasteiger partial charge in [0.25, 0.3) is 5.56 Å². The Balaban J connectivity index is 2.04. The molecule has 100 valence electrons. The van der Waals surface area contributed by atoms with E-state index in [4.69, 9.17) is 23.2 Å². The summed E-state index contributed by atoms with van der Waals surface area (Å²) < 4.78 is 1.25. The molecule has 0 bridgehead atoms. The third kappa shape index (κ3) is 2.47. The summed E-state index contributed by atoms with van der Waals surface area (Å²) in [6, 6.07) is 6.69. The van der Waals surface area contributed by atoms with Gasteiger partial charge in [-0.05, 0) is 24.3 Å². The number of rotatable bonds is 2. The van der Waals surface area contributed by atoms with E-state index in [2.05, 4.69) is 10.1 Å². The monoisotopic (exact) mass is 323 g/mol. The first-order chi connectivity index (χ1) is 9.65. The highest BCUT2D eigenvalue weighted by atomic mass is 35.5. The zero-order chi connectivity index (χ0) is 14.1. The van der Waals surface area contributed by atoms with Gasteiger partial charge in [0.2, 0.25) is 4.96 Å². The molecule has 0 fully saturated rings. The molecule has 0 atom stereocenters. The number of hydrogen-bond donors (Lipinski definition) is 0. The summed E-state index contributed by atoms with van der Waals surface area (Å²) in [4.78, 5) is 16.6. The highest BCUT2D eigenvalue weighted by Gasteiger charge is 2.04. The maximum Gasteiger partial charge on any atom is 0.275 e. The van der Waals surface area contributed by atoms with Crippen LogP contribution in [0.4, 0.5) is 0 Å². The highest BCUT2D eigenvalue weighted by Crippen LogP contribution is 2.26. The van der Waals surface area contributed by atoms with Gasteiger partial charge < -0.3 is 0 Å². The van der Waals surface area contributed by atoms with Crippen molar-refractivity contribution in [2.75, 3.05) is 0 Å². The molecule has 0 radical (unpaired) electrons. The Labute approximate surface area is 127 Å². The van der Waals surface area contributed by atoms with E-state index in [1.807, 2.05) is 0 Å². The van der Waals surface area contributed by atoms with Gasteiger partial charge in [0.1, 0.15) is 5.51 Å². The van der Waals surface area contributed by atoms with Crippen LogP contribution in [0.15, 0.2) is 34.6 Å². The molecule has 1 aromatic carbocycles. The lowest BCUT2D eigenvalue weighted by Gasteiger charge is -2.00. The molecule has 3 rings (SSSR count). The van der Waals surface area contributed by atoms with Crippen molar-refractivity contribution in [2.24, 2.45) is 0 Å². The van der Waals surface area contributed by atoms with Crippen molar-refractivity contribution in [1.29, 1.82) is 0 Å². The van der Waals surface area contributed by atoms with E-state index in [0.29, 0.717) is 26.3 Å². The molecule has 20 heavy (non-hydrogen) atoms. The molecule has 4 nitrogen and oxygen atoms in total. The lowest BCUT2D eigenvalue weighted by Crippen LogP contribution is -2.13. The minimum atomic E-state index is -0.221. The fraction of sp³-hybridized carbons (Fsp3) is 0. The lowest BCUT2D eigenvalue weighted by atomic mass is 10.2. The summed E-state index contributed by atoms with van der Waals surface area (Å²) in [7, 11) is 0. The van der Waals surface area contributed by atoms with Crippen molar-refractivity contribution in [3.63, 3.8) is 0 Å². The third-order valence-electron chi connectivity index (χ3n) is 2.63. The van der Waals surface area contributed by atoms with Gasteiger partial charge in [-0.2, -0.15) is 9.61 Å². The summed E-state index contributed by atoms with van der Waals surface area (Å²) in [6.45, 7) is 0. The van der Waals surface area contributed by atoms with Crippen LogP contribution in [-0.2, 0) is 0 Å². The molecule has 0 spiro atoms. The zero-order valence-electron chi connectivity index (χ0n) is 9.96. The Bertz CT molecular complexity index is 849. The summed E-state index contributed by atoms with van der Waals surface area (Å²) in [5.41, 5.74) is 2.58. The first-order valence-corrected chi connectivity index (χ1v) is 7.24. The predicted molar refractivity (Wildman–Crippen MR) is 82.5 cm³/mol. The molecule has 0 saturated carbocycles. The fourth-order valence-corrected chi connectivity index (χ4v) is 2.85. The van der Waals surface area contributed by atoms with Gasteiger partial charge >= 0.3 is 0 Å². The Kier molecular flexibility index (Phi) is 3.56. The van der Waals surface area contributed by atoms with E-state index >= 15 is 0 Å². The molecule has 0 N–H and O–H groups in total. The van der Waals surface area contributed by atoms with Crippen molar-refractivity contribution in [3.05, 3.63) is 61.4 Å². The van der Waals surface area contributed by atoms with Gasteiger partial charge in [-0.15, -0.1) is 0 Å². The minimum Gasteiger partial charge on any atom is -0.267 e. The molecule has 0 aliphatic heterocycles. The first kappa shape index (κ1) is 13.3. The molecule has 3 aromatic rings. The lowest BCUT2D eigenvalue weighted by molar-refractivity contribution is 0.897. The second kappa shape index (κ2) is 5.36. The predicted octanol–water partition coefficient (Wildman–Crippen LogP) is 3.63. The van der Waals surface area contributed by atoms with Gasteiger partial charge in [0, 0.05) is 21.7 Å². The van der Waals surface area contributed by atoms with Crippen LogP contribution in [-0.4, -0.2) is 14.6 Å². The third-order valence-corrected chi connectivity index (χ3v) is 3.96. The highest BCUT2D eigenvalue weighted by molar-refractivity contribution is 7.14. The van der Waals surface area contributed by atoms with Crippen LogP contribution in [0.2, 0.25) is 10.0 Å². The summed E-state index contributed by atoms with van der Waals surface area (Å²) in [6.07, 6.45) is 3.44. The van der Waals surface area contributed by atoms with Gasteiger partial charge in [-0.1, -0.05) is 40.6 Å². The summed E-state index contributed by atoms with van der Waals surface area (Å²) in [5.74, 6) is 0. The van der Waals surface area contributed by atoms with Crippen LogP contribution in [0.5, 0.6) is 0 Å². The summed E-state index contributed by atoms with van der Waals surface area (Å²) >= 11 is 13.4. The molecule has 0 aliphatic rings. The first-order valence-electron chi connectivity index (χ1n) is 5.61. The van der Waals surface area contributed by atoms with Crippen molar-refractivity contribution < 1.29 is 0 Å². The number of aromatic nitrogens is 3. The molecule has 0 amide bonds. The maximum atomic E-state index is 11.8. The normalized spacial score (nSPS) is 11.5. The quantitative estimate of drug-likeness (QED) is 0.723. The van der Waals surface area contributed by atoms with Crippen LogP contribution < -0.4 is 5.56 Å². The number of benzene rings is 1. The molecule has 2 heterocycles. The molecular weight excluding hydrogens is 317 g/mol. The Morgan fingerprint density at radius 1 is 1.20 bits per heavy atom. The van der Waals surface area contributed by atoms with Gasteiger partial charge in [0.15, 0.2) is 0 Å². The second-order valence-corrected chi connectivity index (χ2v) is 5.55. The van der Waals surface area contributed by atoms with E-state index < -0.39 is 0 Å². The summed E-state index contributed by atoms with van der Waals surface area (Å²) in [5, 5.41) is 4.99. The van der Waals surface area contributed by atoms with Crippen molar-refractivity contribution >= 4 is 51.7 Å². The van der Waals surface area contributed by atoms with Crippen LogP contribution in [0.1, 0.15) is 11.3 Å². The average molecular weight is 324 g/mol. The Morgan fingerprint density at radius 2 is 1.95 bits per heavy atom. The zero-order valence-corrected chi connectivity index (χ0v) is 12.3. The van der Waals surface area contributed by atoms with Gasteiger partial charge in [-0.3, -0.25) is 4.79 Å². The van der Waals surface area contributed by atoms with Crippen LogP contribution in [0, 0.1) is 0 Å². The van der Waals surface area contributed by atoms with E-state index in [-0.39, 0.29) is 5.56 Å². The van der Waals surface area contributed by atoms with Crippen LogP contribution >= 0.6 is 34.5 Å². The SMILES string of the molecule is O=c1cc(C=Cc2c(Cl)cccc2Cl)nc2scnn12. The molecule has 7 heteroatoms. The number of nitrogens with zero attached hydrogens (tertiary/aromatic N) is 3. The van der Waals surface area contributed by atoms with Crippen molar-refractivity contribution in [2.45, 2.75) is 0 Å². The number of fused-ring (bicyclic) bond motifs is 1. The van der Waals surface area contributed by atoms with Crippen LogP contribution in [0.3, 0.4) is 0 Å². The topological polar surface area (TPSA) is 47.3 Å². The Hall–Kier alpha value is -1.69. The largest absolute Gasteiger partial charge is 0.275 e. The second-order valence-electron chi connectivity index (χ2n) is 3.92. The van der Waals surface area contributed by atoms with Crippen molar-refractivity contribution in [1.82, 2.24) is 14.6 Å². The average Bonchev–Trinajstić information content (AvgIpc) is 2.87. The minimum absolute atomic E-state index is 0.221. The molecule has 0 aliphatic carbocycles. The smallest absolute Gasteiger partial charge is 0.267 e. The maximum absolute atomic E-state index is 11.8. The van der Waals surface area contributed by atoms with E-state index in [1.54, 1.807) is 35.9 Å². The number of halogens is 2. The molecule has 0 unspecified atom stereocenters. The van der Waals surface area contributed by atoms with Gasteiger partial charge in [0.05, 0.1) is 5.69 Å². The molecule has 0 saturated heterocycles. The van der Waals surface area contributed by atoms with Crippen molar-refractivity contribution in [3.8, 4) is 0 Å². The Morgan fingerprint density at radius 3 is 2.70 bits per heavy atom. The molecule has 2 aromatic heterocycles. The standard InChI is InChI=1S/C13H7Cl2N3OS/c14-10-2-1-3-11(15)9(10)5-4-8-6-12(19)18-13(17-8)20-7-16-18/h1-7H. The van der Waals surface area contributed by atoms with E-state index in [0.717, 1.165) is 0 Å². The number of hydrogen-bond acceptors (Lipinski definition) is 4. The molecular formula is C13H7Cl2N3OS. The van der Waals surface area contributed by atoms with Gasteiger partial charge in [-0.25, -0.2) is 4.98 Å². The van der Waals surface area contributed by atoms with E-state index in [9.17, 15) is 4.79 Å². The van der Waals surface area contributed by atoms with E-state index in [1.165, 1.54) is 21.9 Å². The van der Waals surface area contributed by atoms with Crippen LogP contribution in [0.25, 0.3) is 17.1 Å². The fourth-order valence-electron chi connectivity index (χ4n) is 1.70.